The van der Waals surface area contributed by atoms with Crippen molar-refractivity contribution >= 4 is 11.6 Å². The fraction of sp³-hybridized carbons (Fsp3) is 0.692. The molecule has 1 aliphatic carbocycles. The second kappa shape index (κ2) is 5.52. The molecule has 1 aromatic heterocycles. The molecule has 1 atom stereocenters. The summed E-state index contributed by atoms with van der Waals surface area (Å²) in [5.41, 5.74) is 1.03. The number of anilines is 2. The molecule has 18 heavy (non-hydrogen) atoms. The lowest BCUT2D eigenvalue weighted by atomic mass is 10.2. The van der Waals surface area contributed by atoms with Gasteiger partial charge >= 0.3 is 0 Å². The van der Waals surface area contributed by atoms with E-state index in [-0.39, 0.29) is 12.5 Å². The first-order valence-electron chi connectivity index (χ1n) is 6.56. The zero-order valence-electron chi connectivity index (χ0n) is 11.3. The van der Waals surface area contributed by atoms with E-state index in [1.807, 2.05) is 20.9 Å². The summed E-state index contributed by atoms with van der Waals surface area (Å²) < 4.78 is 0. The zero-order chi connectivity index (χ0) is 13.1. The highest BCUT2D eigenvalue weighted by atomic mass is 16.3. The molecule has 0 radical (unpaired) electrons. The SMILES string of the molecule is CNc1nc(C2CC2)nc(NCC(C)CO)c1C. The van der Waals surface area contributed by atoms with Crippen molar-refractivity contribution in [2.75, 3.05) is 30.8 Å². The van der Waals surface area contributed by atoms with Crippen LogP contribution in [-0.4, -0.2) is 35.3 Å². The number of hydrogen-bond acceptors (Lipinski definition) is 5. The van der Waals surface area contributed by atoms with Crippen LogP contribution in [0.1, 0.15) is 37.1 Å². The Bertz CT molecular complexity index is 418. The van der Waals surface area contributed by atoms with Gasteiger partial charge in [0.1, 0.15) is 17.5 Å². The topological polar surface area (TPSA) is 70.1 Å². The van der Waals surface area contributed by atoms with E-state index in [0.717, 1.165) is 29.6 Å². The molecule has 1 heterocycles. The molecule has 1 saturated carbocycles. The number of aliphatic hydroxyl groups is 1. The predicted molar refractivity (Wildman–Crippen MR) is 73.0 cm³/mol. The van der Waals surface area contributed by atoms with Crippen LogP contribution in [0.3, 0.4) is 0 Å². The van der Waals surface area contributed by atoms with Crippen LogP contribution in [-0.2, 0) is 0 Å². The third kappa shape index (κ3) is 2.90. The van der Waals surface area contributed by atoms with E-state index in [4.69, 9.17) is 5.11 Å². The molecule has 2 rings (SSSR count). The summed E-state index contributed by atoms with van der Waals surface area (Å²) >= 11 is 0. The summed E-state index contributed by atoms with van der Waals surface area (Å²) in [7, 11) is 1.88. The Balaban J connectivity index is 2.18. The zero-order valence-corrected chi connectivity index (χ0v) is 11.3. The van der Waals surface area contributed by atoms with Gasteiger partial charge in [0.2, 0.25) is 0 Å². The second-order valence-electron chi connectivity index (χ2n) is 5.10. The largest absolute Gasteiger partial charge is 0.396 e. The number of rotatable bonds is 6. The molecule has 1 unspecified atom stereocenters. The lowest BCUT2D eigenvalue weighted by molar-refractivity contribution is 0.244. The second-order valence-corrected chi connectivity index (χ2v) is 5.10. The summed E-state index contributed by atoms with van der Waals surface area (Å²) in [6, 6.07) is 0. The van der Waals surface area contributed by atoms with Gasteiger partial charge in [0, 0.05) is 31.7 Å². The molecule has 5 heteroatoms. The monoisotopic (exact) mass is 250 g/mol. The van der Waals surface area contributed by atoms with E-state index in [9.17, 15) is 0 Å². The quantitative estimate of drug-likeness (QED) is 0.717. The van der Waals surface area contributed by atoms with E-state index in [1.54, 1.807) is 0 Å². The molecule has 1 fully saturated rings. The van der Waals surface area contributed by atoms with Gasteiger partial charge in [-0.3, -0.25) is 0 Å². The van der Waals surface area contributed by atoms with Crippen LogP contribution in [0.2, 0.25) is 0 Å². The first-order valence-corrected chi connectivity index (χ1v) is 6.56. The molecular formula is C13H22N4O. The third-order valence-corrected chi connectivity index (χ3v) is 3.27. The maximum atomic E-state index is 9.05. The van der Waals surface area contributed by atoms with Crippen LogP contribution in [0.5, 0.6) is 0 Å². The van der Waals surface area contributed by atoms with Crippen molar-refractivity contribution < 1.29 is 5.11 Å². The van der Waals surface area contributed by atoms with E-state index < -0.39 is 0 Å². The Morgan fingerprint density at radius 3 is 2.56 bits per heavy atom. The van der Waals surface area contributed by atoms with Gasteiger partial charge in [-0.05, 0) is 25.7 Å². The van der Waals surface area contributed by atoms with E-state index in [2.05, 4.69) is 20.6 Å². The molecule has 0 spiro atoms. The highest BCUT2D eigenvalue weighted by Crippen LogP contribution is 2.39. The van der Waals surface area contributed by atoms with Crippen molar-refractivity contribution in [3.05, 3.63) is 11.4 Å². The molecular weight excluding hydrogens is 228 g/mol. The highest BCUT2D eigenvalue weighted by Gasteiger charge is 2.28. The van der Waals surface area contributed by atoms with Crippen molar-refractivity contribution in [1.29, 1.82) is 0 Å². The lowest BCUT2D eigenvalue weighted by Crippen LogP contribution is -2.17. The van der Waals surface area contributed by atoms with Gasteiger partial charge in [0.05, 0.1) is 0 Å². The van der Waals surface area contributed by atoms with E-state index >= 15 is 0 Å². The van der Waals surface area contributed by atoms with Crippen molar-refractivity contribution in [2.24, 2.45) is 5.92 Å². The van der Waals surface area contributed by atoms with Gasteiger partial charge in [0.25, 0.3) is 0 Å². The van der Waals surface area contributed by atoms with Crippen LogP contribution >= 0.6 is 0 Å². The van der Waals surface area contributed by atoms with Gasteiger partial charge in [0.15, 0.2) is 0 Å². The van der Waals surface area contributed by atoms with Gasteiger partial charge in [-0.25, -0.2) is 9.97 Å². The van der Waals surface area contributed by atoms with E-state index in [0.29, 0.717) is 5.92 Å². The first kappa shape index (κ1) is 13.1. The van der Waals surface area contributed by atoms with Gasteiger partial charge in [-0.2, -0.15) is 0 Å². The number of nitrogens with zero attached hydrogens (tertiary/aromatic N) is 2. The van der Waals surface area contributed by atoms with Crippen molar-refractivity contribution in [2.45, 2.75) is 32.6 Å². The average Bonchev–Trinajstić information content (AvgIpc) is 3.21. The molecule has 0 aromatic carbocycles. The molecule has 0 bridgehead atoms. The molecule has 1 aliphatic rings. The molecule has 0 amide bonds. The van der Waals surface area contributed by atoms with Crippen LogP contribution in [0.4, 0.5) is 11.6 Å². The summed E-state index contributed by atoms with van der Waals surface area (Å²) in [6.07, 6.45) is 2.39. The molecule has 1 aromatic rings. The van der Waals surface area contributed by atoms with Crippen molar-refractivity contribution in [3.63, 3.8) is 0 Å². The minimum absolute atomic E-state index is 0.186. The highest BCUT2D eigenvalue weighted by molar-refractivity contribution is 5.57. The Kier molecular flexibility index (Phi) is 4.01. The van der Waals surface area contributed by atoms with Gasteiger partial charge in [-0.15, -0.1) is 0 Å². The molecule has 100 valence electrons. The molecule has 3 N–H and O–H groups in total. The number of aliphatic hydroxyl groups excluding tert-OH is 1. The summed E-state index contributed by atoms with van der Waals surface area (Å²) in [5.74, 6) is 3.47. The fourth-order valence-corrected chi connectivity index (χ4v) is 1.81. The average molecular weight is 250 g/mol. The smallest absolute Gasteiger partial charge is 0.136 e. The Hall–Kier alpha value is -1.36. The van der Waals surface area contributed by atoms with Crippen molar-refractivity contribution in [1.82, 2.24) is 9.97 Å². The summed E-state index contributed by atoms with van der Waals surface area (Å²) in [5, 5.41) is 15.5. The Morgan fingerprint density at radius 1 is 1.33 bits per heavy atom. The minimum atomic E-state index is 0.186. The molecule has 0 saturated heterocycles. The number of aromatic nitrogens is 2. The Morgan fingerprint density at radius 2 is 2.00 bits per heavy atom. The number of hydrogen-bond donors (Lipinski definition) is 3. The maximum absolute atomic E-state index is 9.05. The van der Waals surface area contributed by atoms with Crippen LogP contribution in [0.15, 0.2) is 0 Å². The number of nitrogens with one attached hydrogen (secondary N) is 2. The standard InChI is InChI=1S/C13H22N4O/c1-8(7-18)6-15-12-9(2)11(14-3)16-13(17-12)10-4-5-10/h8,10,18H,4-7H2,1-3H3,(H2,14,15,16,17). The summed E-state index contributed by atoms with van der Waals surface area (Å²) in [4.78, 5) is 9.15. The van der Waals surface area contributed by atoms with Crippen molar-refractivity contribution in [3.8, 4) is 0 Å². The van der Waals surface area contributed by atoms with E-state index in [1.165, 1.54) is 12.8 Å². The molecule has 0 aliphatic heterocycles. The van der Waals surface area contributed by atoms with Crippen LogP contribution in [0.25, 0.3) is 0 Å². The summed E-state index contributed by atoms with van der Waals surface area (Å²) in [6.45, 7) is 4.92. The van der Waals surface area contributed by atoms with Crippen LogP contribution in [0, 0.1) is 12.8 Å². The predicted octanol–water partition coefficient (Wildman–Crippen LogP) is 1.74. The maximum Gasteiger partial charge on any atom is 0.136 e. The minimum Gasteiger partial charge on any atom is -0.396 e. The third-order valence-electron chi connectivity index (χ3n) is 3.27. The van der Waals surface area contributed by atoms with Gasteiger partial charge < -0.3 is 15.7 Å². The normalized spacial score (nSPS) is 16.4. The van der Waals surface area contributed by atoms with Crippen LogP contribution < -0.4 is 10.6 Å². The van der Waals surface area contributed by atoms with Gasteiger partial charge in [-0.1, -0.05) is 6.92 Å². The first-order chi connectivity index (χ1) is 8.65. The molecule has 5 nitrogen and oxygen atoms in total. The Labute approximate surface area is 108 Å². The lowest BCUT2D eigenvalue weighted by Gasteiger charge is -2.15. The fourth-order valence-electron chi connectivity index (χ4n) is 1.81.